The van der Waals surface area contributed by atoms with Crippen LogP contribution in [0.1, 0.15) is 28.9 Å². The molecule has 0 radical (unpaired) electrons. The lowest BCUT2D eigenvalue weighted by molar-refractivity contribution is -0.0655. The standard InChI is InChI=1S/C15H14O2/c16-14-13-9-5-4-8-12(13)10-17-15(14)11-6-2-1-3-7-11/h1-9,14-16H,10H2/t14-,15+/m1/s1. The number of hydrogen-bond acceptors (Lipinski definition) is 2. The summed E-state index contributed by atoms with van der Waals surface area (Å²) in [5.74, 6) is 0. The maximum absolute atomic E-state index is 10.3. The van der Waals surface area contributed by atoms with Crippen LogP contribution in [-0.2, 0) is 11.3 Å². The minimum absolute atomic E-state index is 0.258. The van der Waals surface area contributed by atoms with Crippen LogP contribution >= 0.6 is 0 Å². The van der Waals surface area contributed by atoms with E-state index in [9.17, 15) is 5.11 Å². The average Bonchev–Trinajstić information content (AvgIpc) is 2.40. The Hall–Kier alpha value is -1.64. The van der Waals surface area contributed by atoms with Gasteiger partial charge in [0.1, 0.15) is 12.2 Å². The predicted molar refractivity (Wildman–Crippen MR) is 65.4 cm³/mol. The first kappa shape index (κ1) is 10.5. The van der Waals surface area contributed by atoms with Gasteiger partial charge in [-0.25, -0.2) is 0 Å². The second-order valence-electron chi connectivity index (χ2n) is 4.29. The maximum Gasteiger partial charge on any atom is 0.113 e. The molecule has 0 aromatic heterocycles. The zero-order valence-electron chi connectivity index (χ0n) is 9.41. The summed E-state index contributed by atoms with van der Waals surface area (Å²) in [5.41, 5.74) is 3.08. The van der Waals surface area contributed by atoms with Crippen LogP contribution in [0.15, 0.2) is 54.6 Å². The molecule has 2 heteroatoms. The lowest BCUT2D eigenvalue weighted by atomic mass is 9.92. The normalized spacial score (nSPS) is 23.1. The lowest BCUT2D eigenvalue weighted by Gasteiger charge is -2.30. The number of ether oxygens (including phenoxy) is 1. The molecule has 0 saturated heterocycles. The molecule has 0 unspecified atom stereocenters. The summed E-state index contributed by atoms with van der Waals surface area (Å²) in [6, 6.07) is 17.8. The van der Waals surface area contributed by atoms with Gasteiger partial charge < -0.3 is 9.84 Å². The monoisotopic (exact) mass is 226 g/mol. The fourth-order valence-electron chi connectivity index (χ4n) is 2.31. The molecule has 86 valence electrons. The highest BCUT2D eigenvalue weighted by atomic mass is 16.5. The van der Waals surface area contributed by atoms with Gasteiger partial charge in [0.15, 0.2) is 0 Å². The number of hydrogen-bond donors (Lipinski definition) is 1. The molecule has 3 rings (SSSR count). The van der Waals surface area contributed by atoms with Gasteiger partial charge in [0.05, 0.1) is 6.61 Å². The summed E-state index contributed by atoms with van der Waals surface area (Å²) in [4.78, 5) is 0. The van der Waals surface area contributed by atoms with Crippen molar-refractivity contribution in [2.75, 3.05) is 0 Å². The van der Waals surface area contributed by atoms with Gasteiger partial charge >= 0.3 is 0 Å². The van der Waals surface area contributed by atoms with E-state index in [0.717, 1.165) is 16.7 Å². The van der Waals surface area contributed by atoms with Crippen molar-refractivity contribution in [1.29, 1.82) is 0 Å². The molecular weight excluding hydrogens is 212 g/mol. The first-order chi connectivity index (χ1) is 8.36. The maximum atomic E-state index is 10.3. The van der Waals surface area contributed by atoms with Gasteiger partial charge in [-0.05, 0) is 16.7 Å². The van der Waals surface area contributed by atoms with Gasteiger partial charge in [0, 0.05) is 0 Å². The van der Waals surface area contributed by atoms with Crippen LogP contribution in [0.4, 0.5) is 0 Å². The zero-order chi connectivity index (χ0) is 11.7. The molecule has 1 aliphatic rings. The molecular formula is C15H14O2. The van der Waals surface area contributed by atoms with Crippen molar-refractivity contribution in [3.05, 3.63) is 71.3 Å². The van der Waals surface area contributed by atoms with E-state index in [4.69, 9.17) is 4.74 Å². The fraction of sp³-hybridized carbons (Fsp3) is 0.200. The fourth-order valence-corrected chi connectivity index (χ4v) is 2.31. The third-order valence-electron chi connectivity index (χ3n) is 3.21. The van der Waals surface area contributed by atoms with Gasteiger partial charge in [-0.2, -0.15) is 0 Å². The minimum atomic E-state index is -0.581. The number of fused-ring (bicyclic) bond motifs is 1. The average molecular weight is 226 g/mol. The van der Waals surface area contributed by atoms with Gasteiger partial charge in [-0.3, -0.25) is 0 Å². The SMILES string of the molecule is O[C@@H]1c2ccccc2CO[C@H]1c1ccccc1. The van der Waals surface area contributed by atoms with E-state index in [2.05, 4.69) is 0 Å². The molecule has 0 aliphatic carbocycles. The summed E-state index contributed by atoms with van der Waals surface area (Å²) < 4.78 is 5.75. The zero-order valence-corrected chi connectivity index (χ0v) is 9.41. The third-order valence-corrected chi connectivity index (χ3v) is 3.21. The topological polar surface area (TPSA) is 29.5 Å². The summed E-state index contributed by atoms with van der Waals surface area (Å²) in [7, 11) is 0. The Morgan fingerprint density at radius 1 is 0.941 bits per heavy atom. The van der Waals surface area contributed by atoms with E-state index in [1.165, 1.54) is 0 Å². The molecule has 0 saturated carbocycles. The van der Waals surface area contributed by atoms with E-state index in [0.29, 0.717) is 6.61 Å². The first-order valence-electron chi connectivity index (χ1n) is 5.78. The smallest absolute Gasteiger partial charge is 0.113 e. The van der Waals surface area contributed by atoms with Crippen molar-refractivity contribution in [3.63, 3.8) is 0 Å². The van der Waals surface area contributed by atoms with Crippen molar-refractivity contribution in [3.8, 4) is 0 Å². The Bertz CT molecular complexity index is 507. The summed E-state index contributed by atoms with van der Waals surface area (Å²) in [5, 5.41) is 10.3. The molecule has 2 aromatic rings. The van der Waals surface area contributed by atoms with E-state index < -0.39 is 6.10 Å². The first-order valence-corrected chi connectivity index (χ1v) is 5.78. The summed E-state index contributed by atoms with van der Waals surface area (Å²) in [6.07, 6.45) is -0.839. The van der Waals surface area contributed by atoms with E-state index in [-0.39, 0.29) is 6.10 Å². The highest BCUT2D eigenvalue weighted by Crippen LogP contribution is 2.38. The van der Waals surface area contributed by atoms with Gasteiger partial charge in [-0.15, -0.1) is 0 Å². The number of benzene rings is 2. The van der Waals surface area contributed by atoms with Gasteiger partial charge in [0.25, 0.3) is 0 Å². The van der Waals surface area contributed by atoms with Crippen LogP contribution in [0.5, 0.6) is 0 Å². The van der Waals surface area contributed by atoms with Gasteiger partial charge in [0.2, 0.25) is 0 Å². The van der Waals surface area contributed by atoms with Crippen molar-refractivity contribution in [2.24, 2.45) is 0 Å². The second-order valence-corrected chi connectivity index (χ2v) is 4.29. The molecule has 0 fully saturated rings. The Morgan fingerprint density at radius 3 is 2.47 bits per heavy atom. The Labute approximate surface area is 100 Å². The van der Waals surface area contributed by atoms with E-state index >= 15 is 0 Å². The largest absolute Gasteiger partial charge is 0.385 e. The number of aliphatic hydroxyl groups is 1. The Balaban J connectivity index is 1.97. The van der Waals surface area contributed by atoms with Crippen molar-refractivity contribution < 1.29 is 9.84 Å². The molecule has 1 N–H and O–H groups in total. The summed E-state index contributed by atoms with van der Waals surface area (Å²) >= 11 is 0. The Morgan fingerprint density at radius 2 is 1.65 bits per heavy atom. The molecule has 0 amide bonds. The lowest BCUT2D eigenvalue weighted by Crippen LogP contribution is -2.21. The molecule has 1 heterocycles. The Kier molecular flexibility index (Phi) is 2.67. The van der Waals surface area contributed by atoms with Crippen molar-refractivity contribution in [2.45, 2.75) is 18.8 Å². The second kappa shape index (κ2) is 4.32. The predicted octanol–water partition coefficient (Wildman–Crippen LogP) is 2.99. The molecule has 1 aliphatic heterocycles. The number of rotatable bonds is 1. The quantitative estimate of drug-likeness (QED) is 0.810. The molecule has 0 bridgehead atoms. The van der Waals surface area contributed by atoms with E-state index in [1.54, 1.807) is 0 Å². The van der Waals surface area contributed by atoms with Crippen LogP contribution < -0.4 is 0 Å². The molecule has 2 nitrogen and oxygen atoms in total. The van der Waals surface area contributed by atoms with Crippen molar-refractivity contribution in [1.82, 2.24) is 0 Å². The third kappa shape index (κ3) is 1.86. The highest BCUT2D eigenvalue weighted by molar-refractivity contribution is 5.33. The van der Waals surface area contributed by atoms with Gasteiger partial charge in [-0.1, -0.05) is 54.6 Å². The molecule has 2 atom stereocenters. The molecule has 0 spiro atoms. The number of aliphatic hydroxyl groups excluding tert-OH is 1. The van der Waals surface area contributed by atoms with Crippen LogP contribution in [-0.4, -0.2) is 5.11 Å². The van der Waals surface area contributed by atoms with E-state index in [1.807, 2.05) is 54.6 Å². The van der Waals surface area contributed by atoms with Crippen LogP contribution in [0.3, 0.4) is 0 Å². The van der Waals surface area contributed by atoms with Crippen LogP contribution in [0.25, 0.3) is 0 Å². The summed E-state index contributed by atoms with van der Waals surface area (Å²) in [6.45, 7) is 0.562. The highest BCUT2D eigenvalue weighted by Gasteiger charge is 2.29. The minimum Gasteiger partial charge on any atom is -0.385 e. The van der Waals surface area contributed by atoms with Crippen LogP contribution in [0.2, 0.25) is 0 Å². The molecule has 2 aromatic carbocycles. The van der Waals surface area contributed by atoms with Crippen LogP contribution in [0, 0.1) is 0 Å². The molecule has 17 heavy (non-hydrogen) atoms. The van der Waals surface area contributed by atoms with Crippen molar-refractivity contribution >= 4 is 0 Å².